The van der Waals surface area contributed by atoms with Crippen LogP contribution in [0, 0.1) is 0 Å². The fourth-order valence-electron chi connectivity index (χ4n) is 2.08. The number of nitrogens with two attached hydrogens (primary N) is 1. The van der Waals surface area contributed by atoms with E-state index in [-0.39, 0.29) is 11.4 Å². The second-order valence-electron chi connectivity index (χ2n) is 4.39. The van der Waals surface area contributed by atoms with Crippen LogP contribution < -0.4 is 10.6 Å². The Morgan fingerprint density at radius 1 is 1.05 bits per heavy atom. The van der Waals surface area contributed by atoms with Crippen LogP contribution in [0.1, 0.15) is 10.4 Å². The lowest BCUT2D eigenvalue weighted by Crippen LogP contribution is -2.22. The lowest BCUT2D eigenvalue weighted by molar-refractivity contribution is -0.136. The van der Waals surface area contributed by atoms with Crippen molar-refractivity contribution in [1.29, 1.82) is 0 Å². The minimum atomic E-state index is -0.406. The number of rotatable bonds is 3. The quantitative estimate of drug-likeness (QED) is 0.776. The molecule has 114 valence electrons. The first kappa shape index (κ1) is 16.5. The zero-order valence-electron chi connectivity index (χ0n) is 11.9. The van der Waals surface area contributed by atoms with Gasteiger partial charge in [0.2, 0.25) is 0 Å². The van der Waals surface area contributed by atoms with Crippen LogP contribution in [-0.2, 0) is 14.3 Å². The van der Waals surface area contributed by atoms with Gasteiger partial charge in [0.1, 0.15) is 0 Å². The summed E-state index contributed by atoms with van der Waals surface area (Å²) in [6.45, 7) is 0.859. The maximum absolute atomic E-state index is 11.5. The third kappa shape index (κ3) is 3.32. The number of hydrogen-bond acceptors (Lipinski definition) is 6. The van der Waals surface area contributed by atoms with Crippen LogP contribution in [0.25, 0.3) is 0 Å². The van der Waals surface area contributed by atoms with E-state index in [0.29, 0.717) is 29.9 Å². The van der Waals surface area contributed by atoms with Gasteiger partial charge < -0.3 is 25.6 Å². The smallest absolute Gasteiger partial charge is 0.337 e. The van der Waals surface area contributed by atoms with Crippen LogP contribution in [-0.4, -0.2) is 44.7 Å². The van der Waals surface area contributed by atoms with E-state index < -0.39 is 5.97 Å². The van der Waals surface area contributed by atoms with Gasteiger partial charge in [-0.2, -0.15) is 0 Å². The van der Waals surface area contributed by atoms with E-state index in [4.69, 9.17) is 5.73 Å². The van der Waals surface area contributed by atoms with E-state index >= 15 is 0 Å². The SMILES string of the molecule is COC(=O)C1=C(N)CN(c2ccc(C(=O)OC)cc2)C1.O. The van der Waals surface area contributed by atoms with Crippen molar-refractivity contribution in [2.45, 2.75) is 0 Å². The van der Waals surface area contributed by atoms with E-state index in [1.54, 1.807) is 24.3 Å². The molecule has 21 heavy (non-hydrogen) atoms. The van der Waals surface area contributed by atoms with Crippen molar-refractivity contribution >= 4 is 17.6 Å². The summed E-state index contributed by atoms with van der Waals surface area (Å²) in [5.41, 5.74) is 8.18. The first-order valence-electron chi connectivity index (χ1n) is 6.06. The summed E-state index contributed by atoms with van der Waals surface area (Å²) < 4.78 is 9.33. The lowest BCUT2D eigenvalue weighted by atomic mass is 10.2. The van der Waals surface area contributed by atoms with Gasteiger partial charge in [0, 0.05) is 11.4 Å². The van der Waals surface area contributed by atoms with E-state index in [9.17, 15) is 9.59 Å². The number of methoxy groups -OCH3 is 2. The second kappa shape index (κ2) is 6.76. The van der Waals surface area contributed by atoms with E-state index in [1.165, 1.54) is 14.2 Å². The number of anilines is 1. The van der Waals surface area contributed by atoms with Crippen LogP contribution in [0.4, 0.5) is 5.69 Å². The van der Waals surface area contributed by atoms with Crippen molar-refractivity contribution in [2.75, 3.05) is 32.2 Å². The van der Waals surface area contributed by atoms with E-state index in [1.807, 2.05) is 4.90 Å². The molecule has 0 radical (unpaired) electrons. The first-order chi connectivity index (χ1) is 9.56. The van der Waals surface area contributed by atoms with Crippen molar-refractivity contribution in [2.24, 2.45) is 5.73 Å². The maximum Gasteiger partial charge on any atom is 0.337 e. The minimum absolute atomic E-state index is 0. The molecule has 0 saturated carbocycles. The van der Waals surface area contributed by atoms with Crippen molar-refractivity contribution in [3.63, 3.8) is 0 Å². The van der Waals surface area contributed by atoms with Crippen LogP contribution in [0.15, 0.2) is 35.5 Å². The normalized spacial score (nSPS) is 13.7. The molecule has 0 aromatic heterocycles. The predicted molar refractivity (Wildman–Crippen MR) is 76.8 cm³/mol. The Hall–Kier alpha value is -2.54. The van der Waals surface area contributed by atoms with Crippen molar-refractivity contribution in [3.05, 3.63) is 41.1 Å². The highest BCUT2D eigenvalue weighted by Crippen LogP contribution is 2.23. The number of carbonyl (C=O) groups excluding carboxylic acids is 2. The Balaban J connectivity index is 0.00000220. The Kier molecular flexibility index (Phi) is 5.31. The van der Waals surface area contributed by atoms with Gasteiger partial charge in [-0.3, -0.25) is 0 Å². The van der Waals surface area contributed by atoms with E-state index in [0.717, 1.165) is 5.69 Å². The Morgan fingerprint density at radius 2 is 1.62 bits per heavy atom. The fourth-order valence-corrected chi connectivity index (χ4v) is 2.08. The highest BCUT2D eigenvalue weighted by atomic mass is 16.5. The average Bonchev–Trinajstić information content (AvgIpc) is 2.87. The fraction of sp³-hybridized carbons (Fsp3) is 0.286. The number of benzene rings is 1. The Bertz CT molecular complexity index is 565. The van der Waals surface area contributed by atoms with Crippen molar-refractivity contribution in [3.8, 4) is 0 Å². The summed E-state index contributed by atoms with van der Waals surface area (Å²) in [5.74, 6) is -0.790. The molecule has 0 aliphatic carbocycles. The molecule has 7 heteroatoms. The van der Waals surface area contributed by atoms with Crippen LogP contribution in [0.5, 0.6) is 0 Å². The summed E-state index contributed by atoms with van der Waals surface area (Å²) in [4.78, 5) is 24.8. The van der Waals surface area contributed by atoms with Gasteiger partial charge in [-0.25, -0.2) is 9.59 Å². The molecule has 1 aliphatic heterocycles. The molecule has 1 aliphatic rings. The third-order valence-electron chi connectivity index (χ3n) is 3.18. The largest absolute Gasteiger partial charge is 0.466 e. The number of nitrogens with zero attached hydrogens (tertiary/aromatic N) is 1. The average molecular weight is 294 g/mol. The summed E-state index contributed by atoms with van der Waals surface area (Å²) in [6.07, 6.45) is 0. The highest BCUT2D eigenvalue weighted by Gasteiger charge is 2.26. The number of ether oxygens (including phenoxy) is 2. The Morgan fingerprint density at radius 3 is 2.14 bits per heavy atom. The molecule has 7 nitrogen and oxygen atoms in total. The van der Waals surface area contributed by atoms with Crippen molar-refractivity contribution in [1.82, 2.24) is 0 Å². The van der Waals surface area contributed by atoms with Gasteiger partial charge in [-0.15, -0.1) is 0 Å². The molecule has 0 unspecified atom stereocenters. The number of hydrogen-bond donors (Lipinski definition) is 1. The molecule has 0 spiro atoms. The van der Waals surface area contributed by atoms with Gasteiger partial charge in [0.25, 0.3) is 0 Å². The summed E-state index contributed by atoms with van der Waals surface area (Å²) in [6, 6.07) is 6.93. The molecule has 0 saturated heterocycles. The molecule has 2 rings (SSSR count). The molecule has 1 aromatic rings. The molecular formula is C14H18N2O5. The number of esters is 2. The van der Waals surface area contributed by atoms with Gasteiger partial charge in [-0.1, -0.05) is 0 Å². The van der Waals surface area contributed by atoms with Gasteiger partial charge in [0.15, 0.2) is 0 Å². The summed E-state index contributed by atoms with van der Waals surface area (Å²) >= 11 is 0. The molecule has 0 fully saturated rings. The first-order valence-corrected chi connectivity index (χ1v) is 6.06. The van der Waals surface area contributed by atoms with Gasteiger partial charge in [-0.05, 0) is 24.3 Å². The molecule has 4 N–H and O–H groups in total. The molecule has 0 bridgehead atoms. The zero-order valence-corrected chi connectivity index (χ0v) is 11.9. The topological polar surface area (TPSA) is 113 Å². The molecular weight excluding hydrogens is 276 g/mol. The zero-order chi connectivity index (χ0) is 14.7. The standard InChI is InChI=1S/C14H16N2O4.H2O/c1-19-13(17)9-3-5-10(6-4-9)16-7-11(12(15)8-16)14(18)20-2;/h3-6H,7-8,15H2,1-2H3;1H2. The summed E-state index contributed by atoms with van der Waals surface area (Å²) in [7, 11) is 2.67. The predicted octanol–water partition coefficient (Wildman–Crippen LogP) is -0.146. The molecule has 1 aromatic carbocycles. The minimum Gasteiger partial charge on any atom is -0.466 e. The van der Waals surface area contributed by atoms with Crippen LogP contribution >= 0.6 is 0 Å². The highest BCUT2D eigenvalue weighted by molar-refractivity contribution is 5.92. The number of carbonyl (C=O) groups is 2. The van der Waals surface area contributed by atoms with Crippen molar-refractivity contribution < 1.29 is 24.5 Å². The second-order valence-corrected chi connectivity index (χ2v) is 4.39. The molecule has 1 heterocycles. The maximum atomic E-state index is 11.5. The van der Waals surface area contributed by atoms with Crippen LogP contribution in [0.2, 0.25) is 0 Å². The lowest BCUT2D eigenvalue weighted by Gasteiger charge is -2.18. The van der Waals surface area contributed by atoms with Gasteiger partial charge >= 0.3 is 11.9 Å². The third-order valence-corrected chi connectivity index (χ3v) is 3.18. The molecule has 0 atom stereocenters. The van der Waals surface area contributed by atoms with E-state index in [2.05, 4.69) is 9.47 Å². The molecule has 0 amide bonds. The Labute approximate surface area is 122 Å². The van der Waals surface area contributed by atoms with Gasteiger partial charge in [0.05, 0.1) is 38.4 Å². The summed E-state index contributed by atoms with van der Waals surface area (Å²) in [5, 5.41) is 0. The van der Waals surface area contributed by atoms with Crippen LogP contribution in [0.3, 0.4) is 0 Å². The monoisotopic (exact) mass is 294 g/mol.